The van der Waals surface area contributed by atoms with Crippen LogP contribution in [0.3, 0.4) is 0 Å². The van der Waals surface area contributed by atoms with Crippen LogP contribution in [0, 0.1) is 0 Å². The zero-order valence-corrected chi connectivity index (χ0v) is 17.5. The van der Waals surface area contributed by atoms with E-state index < -0.39 is 10.0 Å². The van der Waals surface area contributed by atoms with Gasteiger partial charge in [-0.05, 0) is 69.2 Å². The molecule has 2 heterocycles. The van der Waals surface area contributed by atoms with E-state index in [4.69, 9.17) is 0 Å². The molecule has 1 aromatic heterocycles. The smallest absolute Gasteiger partial charge is 0.308 e. The number of rotatable bonds is 5. The van der Waals surface area contributed by atoms with Crippen molar-refractivity contribution in [1.29, 1.82) is 0 Å². The van der Waals surface area contributed by atoms with E-state index >= 15 is 0 Å². The van der Waals surface area contributed by atoms with Crippen LogP contribution in [0.5, 0.6) is 0 Å². The van der Waals surface area contributed by atoms with Crippen LogP contribution in [0.1, 0.15) is 32.7 Å². The highest BCUT2D eigenvalue weighted by Crippen LogP contribution is 2.26. The third-order valence-electron chi connectivity index (χ3n) is 5.00. The van der Waals surface area contributed by atoms with Gasteiger partial charge in [0.2, 0.25) is 0 Å². The minimum absolute atomic E-state index is 0.0240. The molecule has 148 valence electrons. The van der Waals surface area contributed by atoms with Gasteiger partial charge in [-0.1, -0.05) is 11.3 Å². The van der Waals surface area contributed by atoms with Gasteiger partial charge in [0.05, 0.1) is 15.1 Å². The monoisotopic (exact) mass is 417 g/mol. The second kappa shape index (κ2) is 7.25. The first kappa shape index (κ1) is 19.0. The molecule has 1 saturated heterocycles. The summed E-state index contributed by atoms with van der Waals surface area (Å²) in [5, 5.41) is 0. The van der Waals surface area contributed by atoms with Crippen molar-refractivity contribution < 1.29 is 8.42 Å². The first-order valence-corrected chi connectivity index (χ1v) is 11.7. The lowest BCUT2D eigenvalue weighted by Gasteiger charge is -2.18. The maximum absolute atomic E-state index is 12.8. The van der Waals surface area contributed by atoms with Crippen molar-refractivity contribution in [2.45, 2.75) is 37.6 Å². The van der Waals surface area contributed by atoms with Crippen LogP contribution < -0.4 is 14.5 Å². The Kier molecular flexibility index (Phi) is 4.93. The predicted octanol–water partition coefficient (Wildman–Crippen LogP) is 4.04. The summed E-state index contributed by atoms with van der Waals surface area (Å²) in [4.78, 5) is 14.6. The maximum Gasteiger partial charge on any atom is 0.308 e. The fourth-order valence-electron chi connectivity index (χ4n) is 3.60. The Morgan fingerprint density at radius 2 is 1.71 bits per heavy atom. The number of nitrogens with zero attached hydrogens (tertiary/aromatic N) is 2. The number of nitrogens with one attached hydrogen (secondary N) is 1. The predicted molar refractivity (Wildman–Crippen MR) is 115 cm³/mol. The molecule has 4 rings (SSSR count). The molecule has 0 spiro atoms. The summed E-state index contributed by atoms with van der Waals surface area (Å²) < 4.78 is 30.6. The van der Waals surface area contributed by atoms with Gasteiger partial charge in [-0.15, -0.1) is 0 Å². The Morgan fingerprint density at radius 3 is 2.36 bits per heavy atom. The summed E-state index contributed by atoms with van der Waals surface area (Å²) in [6.45, 7) is 5.96. The maximum atomic E-state index is 12.8. The van der Waals surface area contributed by atoms with Gasteiger partial charge in [0.25, 0.3) is 10.0 Å². The summed E-state index contributed by atoms with van der Waals surface area (Å²) in [5.41, 5.74) is 2.40. The topological polar surface area (TPSA) is 71.4 Å². The minimum Gasteiger partial charge on any atom is -0.372 e. The molecule has 1 N–H and O–H groups in total. The van der Waals surface area contributed by atoms with Crippen LogP contribution in [0.25, 0.3) is 10.2 Å². The minimum atomic E-state index is -3.73. The number of fused-ring (bicyclic) bond motifs is 1. The molecule has 1 fully saturated rings. The number of anilines is 2. The highest BCUT2D eigenvalue weighted by molar-refractivity contribution is 7.92. The molecule has 1 aliphatic rings. The van der Waals surface area contributed by atoms with Gasteiger partial charge in [-0.25, -0.2) is 8.42 Å². The van der Waals surface area contributed by atoms with Crippen LogP contribution in [0.15, 0.2) is 52.2 Å². The third kappa shape index (κ3) is 3.54. The molecule has 0 aliphatic carbocycles. The largest absolute Gasteiger partial charge is 0.372 e. The standard InChI is InChI=1S/C20H23N3O3S2/c1-14(2)23-18-10-9-17(13-19(18)27-20(23)24)28(25,26)21-15-5-7-16(8-6-15)22-11-3-4-12-22/h5-10,13-14,21H,3-4,11-12H2,1-2H3. The van der Waals surface area contributed by atoms with Crippen LogP contribution >= 0.6 is 11.3 Å². The first-order chi connectivity index (χ1) is 13.3. The van der Waals surface area contributed by atoms with Crippen molar-refractivity contribution in [2.24, 2.45) is 0 Å². The van der Waals surface area contributed by atoms with Gasteiger partial charge in [0.1, 0.15) is 0 Å². The van der Waals surface area contributed by atoms with Crippen molar-refractivity contribution in [2.75, 3.05) is 22.7 Å². The van der Waals surface area contributed by atoms with Crippen LogP contribution in [-0.2, 0) is 10.0 Å². The van der Waals surface area contributed by atoms with E-state index in [1.807, 2.05) is 26.0 Å². The number of hydrogen-bond acceptors (Lipinski definition) is 5. The molecular weight excluding hydrogens is 394 g/mol. The molecule has 1 aliphatic heterocycles. The Morgan fingerprint density at radius 1 is 1.04 bits per heavy atom. The molecule has 6 nitrogen and oxygen atoms in total. The fraction of sp³-hybridized carbons (Fsp3) is 0.350. The van der Waals surface area contributed by atoms with Crippen LogP contribution in [-0.4, -0.2) is 26.1 Å². The second-order valence-electron chi connectivity index (χ2n) is 7.31. The molecule has 2 aromatic carbocycles. The molecule has 8 heteroatoms. The number of sulfonamides is 1. The number of aromatic nitrogens is 1. The molecule has 0 atom stereocenters. The van der Waals surface area contributed by atoms with Gasteiger partial charge in [-0.2, -0.15) is 0 Å². The second-order valence-corrected chi connectivity index (χ2v) is 9.98. The summed E-state index contributed by atoms with van der Waals surface area (Å²) in [5.74, 6) is 0. The number of benzene rings is 2. The molecule has 0 saturated carbocycles. The van der Waals surface area contributed by atoms with Gasteiger partial charge in [0.15, 0.2) is 0 Å². The molecule has 28 heavy (non-hydrogen) atoms. The van der Waals surface area contributed by atoms with E-state index in [1.165, 1.54) is 12.8 Å². The average Bonchev–Trinajstić information content (AvgIpc) is 3.28. The van der Waals surface area contributed by atoms with E-state index in [-0.39, 0.29) is 15.8 Å². The van der Waals surface area contributed by atoms with E-state index in [0.29, 0.717) is 10.4 Å². The molecule has 0 amide bonds. The Labute approximate surface area is 168 Å². The van der Waals surface area contributed by atoms with Gasteiger partial charge < -0.3 is 4.90 Å². The van der Waals surface area contributed by atoms with E-state index in [2.05, 4.69) is 9.62 Å². The Bertz CT molecular complexity index is 1160. The van der Waals surface area contributed by atoms with Gasteiger partial charge in [0, 0.05) is 30.5 Å². The van der Waals surface area contributed by atoms with Crippen LogP contribution in [0.2, 0.25) is 0 Å². The lowest BCUT2D eigenvalue weighted by molar-refractivity contribution is 0.601. The lowest BCUT2D eigenvalue weighted by Crippen LogP contribution is -2.17. The summed E-state index contributed by atoms with van der Waals surface area (Å²) >= 11 is 1.07. The zero-order valence-electron chi connectivity index (χ0n) is 15.9. The lowest BCUT2D eigenvalue weighted by atomic mass is 10.2. The fourth-order valence-corrected chi connectivity index (χ4v) is 5.81. The van der Waals surface area contributed by atoms with Crippen LogP contribution in [0.4, 0.5) is 11.4 Å². The highest BCUT2D eigenvalue weighted by Gasteiger charge is 2.18. The highest BCUT2D eigenvalue weighted by atomic mass is 32.2. The van der Waals surface area contributed by atoms with Crippen molar-refractivity contribution in [3.8, 4) is 0 Å². The molecule has 0 radical (unpaired) electrons. The summed E-state index contributed by atoms with van der Waals surface area (Å²) in [7, 11) is -3.73. The molecule has 0 unspecified atom stereocenters. The third-order valence-corrected chi connectivity index (χ3v) is 7.30. The van der Waals surface area contributed by atoms with E-state index in [0.717, 1.165) is 35.6 Å². The van der Waals surface area contributed by atoms with Gasteiger partial charge in [-0.3, -0.25) is 14.1 Å². The average molecular weight is 418 g/mol. The van der Waals surface area contributed by atoms with Crippen molar-refractivity contribution in [3.05, 3.63) is 52.1 Å². The van der Waals surface area contributed by atoms with Crippen molar-refractivity contribution >= 4 is 43.0 Å². The number of thiazole rings is 1. The SMILES string of the molecule is CC(C)n1c(=O)sc2cc(S(=O)(=O)Nc3ccc(N4CCCC4)cc3)ccc21. The molecular formula is C20H23N3O3S2. The van der Waals surface area contributed by atoms with Crippen molar-refractivity contribution in [1.82, 2.24) is 4.57 Å². The molecule has 0 bridgehead atoms. The molecule has 3 aromatic rings. The van der Waals surface area contributed by atoms with Gasteiger partial charge >= 0.3 is 4.87 Å². The zero-order chi connectivity index (χ0) is 19.9. The quantitative estimate of drug-likeness (QED) is 0.680. The number of hydrogen-bond donors (Lipinski definition) is 1. The van der Waals surface area contributed by atoms with E-state index in [9.17, 15) is 13.2 Å². The normalized spacial score (nSPS) is 14.9. The van der Waals surface area contributed by atoms with E-state index in [1.54, 1.807) is 34.9 Å². The Balaban J connectivity index is 1.60. The Hall–Kier alpha value is -2.32. The first-order valence-electron chi connectivity index (χ1n) is 9.38. The van der Waals surface area contributed by atoms with Crippen molar-refractivity contribution in [3.63, 3.8) is 0 Å². The summed E-state index contributed by atoms with van der Waals surface area (Å²) in [6.07, 6.45) is 2.39. The summed E-state index contributed by atoms with van der Waals surface area (Å²) in [6, 6.07) is 12.3.